The zero-order valence-electron chi connectivity index (χ0n) is 17.6. The molecule has 0 unspecified atom stereocenters. The van der Waals surface area contributed by atoms with E-state index in [4.69, 9.17) is 19.5 Å². The van der Waals surface area contributed by atoms with E-state index in [1.165, 1.54) is 24.0 Å². The SMILES string of the molecule is CCCCc1cc(CCCC)c2c(c1)N=c1cc3c(cc1O2)=Nc1ccccc1O3. The van der Waals surface area contributed by atoms with Gasteiger partial charge in [-0.05, 0) is 55.0 Å². The van der Waals surface area contributed by atoms with E-state index >= 15 is 0 Å². The molecule has 0 fully saturated rings. The van der Waals surface area contributed by atoms with Crippen molar-refractivity contribution in [3.8, 4) is 23.0 Å². The van der Waals surface area contributed by atoms with Crippen molar-refractivity contribution in [1.82, 2.24) is 0 Å². The highest BCUT2D eigenvalue weighted by Crippen LogP contribution is 2.40. The summed E-state index contributed by atoms with van der Waals surface area (Å²) in [6.07, 6.45) is 6.76. The van der Waals surface area contributed by atoms with E-state index in [1.54, 1.807) is 0 Å². The number of hydrogen-bond acceptors (Lipinski definition) is 4. The fraction of sp³-hybridized carbons (Fsp3) is 0.308. The van der Waals surface area contributed by atoms with Crippen molar-refractivity contribution in [3.63, 3.8) is 0 Å². The van der Waals surface area contributed by atoms with Gasteiger partial charge < -0.3 is 9.47 Å². The lowest BCUT2D eigenvalue weighted by atomic mass is 9.99. The molecule has 2 heterocycles. The van der Waals surface area contributed by atoms with Gasteiger partial charge in [0.1, 0.15) is 22.1 Å². The van der Waals surface area contributed by atoms with Gasteiger partial charge in [0.15, 0.2) is 23.0 Å². The summed E-state index contributed by atoms with van der Waals surface area (Å²) in [5.41, 5.74) is 4.36. The molecule has 0 radical (unpaired) electrons. The first-order valence-electron chi connectivity index (χ1n) is 11.0. The fourth-order valence-corrected chi connectivity index (χ4v) is 4.02. The van der Waals surface area contributed by atoms with Gasteiger partial charge >= 0.3 is 0 Å². The van der Waals surface area contributed by atoms with Crippen LogP contribution in [0.15, 0.2) is 58.5 Å². The number of fused-ring (bicyclic) bond motifs is 4. The highest BCUT2D eigenvalue weighted by Gasteiger charge is 2.21. The van der Waals surface area contributed by atoms with Gasteiger partial charge in [0.2, 0.25) is 0 Å². The minimum Gasteiger partial charge on any atom is -0.453 e. The second kappa shape index (κ2) is 7.94. The van der Waals surface area contributed by atoms with Gasteiger partial charge in [0.05, 0.1) is 0 Å². The lowest BCUT2D eigenvalue weighted by molar-refractivity contribution is 0.447. The first-order chi connectivity index (χ1) is 14.7. The maximum atomic E-state index is 6.41. The van der Waals surface area contributed by atoms with E-state index in [0.717, 1.165) is 70.8 Å². The zero-order valence-corrected chi connectivity index (χ0v) is 17.6. The number of hydrogen-bond donors (Lipinski definition) is 0. The summed E-state index contributed by atoms with van der Waals surface area (Å²) < 4.78 is 12.5. The number of unbranched alkanes of at least 4 members (excludes halogenated alkanes) is 2. The molecule has 0 aliphatic carbocycles. The van der Waals surface area contributed by atoms with Crippen molar-refractivity contribution >= 4 is 11.4 Å². The Morgan fingerprint density at radius 3 is 2.20 bits per heavy atom. The van der Waals surface area contributed by atoms with Crippen LogP contribution in [0.25, 0.3) is 0 Å². The average Bonchev–Trinajstić information content (AvgIpc) is 2.77. The Kier molecular flexibility index (Phi) is 4.99. The van der Waals surface area contributed by atoms with Crippen molar-refractivity contribution in [2.75, 3.05) is 0 Å². The van der Waals surface area contributed by atoms with Crippen LogP contribution in [-0.4, -0.2) is 0 Å². The highest BCUT2D eigenvalue weighted by molar-refractivity contribution is 5.63. The van der Waals surface area contributed by atoms with Crippen molar-refractivity contribution in [2.24, 2.45) is 9.98 Å². The molecule has 4 nitrogen and oxygen atoms in total. The van der Waals surface area contributed by atoms with Gasteiger partial charge in [-0.15, -0.1) is 0 Å². The number of nitrogens with zero attached hydrogens (tertiary/aromatic N) is 2. The summed E-state index contributed by atoms with van der Waals surface area (Å²) in [5, 5.41) is 1.57. The third kappa shape index (κ3) is 3.47. The van der Waals surface area contributed by atoms with Crippen LogP contribution in [-0.2, 0) is 12.8 Å². The maximum Gasteiger partial charge on any atom is 0.156 e. The lowest BCUT2D eigenvalue weighted by Crippen LogP contribution is -2.19. The number of para-hydroxylation sites is 2. The van der Waals surface area contributed by atoms with Crippen molar-refractivity contribution in [2.45, 2.75) is 52.4 Å². The van der Waals surface area contributed by atoms with Crippen LogP contribution < -0.4 is 20.2 Å². The van der Waals surface area contributed by atoms with E-state index in [1.807, 2.05) is 36.4 Å². The molecule has 0 saturated carbocycles. The number of aryl methyl sites for hydroxylation is 2. The van der Waals surface area contributed by atoms with E-state index < -0.39 is 0 Å². The number of benzene rings is 3. The summed E-state index contributed by atoms with van der Waals surface area (Å²) in [7, 11) is 0. The molecule has 4 heteroatoms. The van der Waals surface area contributed by atoms with Crippen LogP contribution >= 0.6 is 0 Å². The van der Waals surface area contributed by atoms with Crippen molar-refractivity contribution in [1.29, 1.82) is 0 Å². The van der Waals surface area contributed by atoms with Crippen molar-refractivity contribution < 1.29 is 9.47 Å². The average molecular weight is 399 g/mol. The molecule has 0 amide bonds. The summed E-state index contributed by atoms with van der Waals surface area (Å²) in [4.78, 5) is 9.71. The first-order valence-corrected chi connectivity index (χ1v) is 11.0. The Morgan fingerprint density at radius 2 is 1.40 bits per heavy atom. The largest absolute Gasteiger partial charge is 0.453 e. The lowest BCUT2D eigenvalue weighted by Gasteiger charge is -2.21. The van der Waals surface area contributed by atoms with Gasteiger partial charge in [-0.3, -0.25) is 0 Å². The molecule has 0 saturated heterocycles. The Hall–Kier alpha value is -3.14. The topological polar surface area (TPSA) is 43.2 Å². The molecule has 0 spiro atoms. The monoisotopic (exact) mass is 398 g/mol. The molecule has 2 aliphatic heterocycles. The summed E-state index contributed by atoms with van der Waals surface area (Å²) in [6, 6.07) is 16.2. The second-order valence-corrected chi connectivity index (χ2v) is 7.99. The Labute approximate surface area is 176 Å². The summed E-state index contributed by atoms with van der Waals surface area (Å²) in [5.74, 6) is 3.13. The molecule has 0 aromatic heterocycles. The molecule has 2 aliphatic rings. The van der Waals surface area contributed by atoms with Crippen LogP contribution in [0.5, 0.6) is 23.0 Å². The van der Waals surface area contributed by atoms with Crippen LogP contribution in [0, 0.1) is 0 Å². The van der Waals surface area contributed by atoms with Crippen LogP contribution in [0.1, 0.15) is 50.7 Å². The standard InChI is InChI=1S/C26H26N2O2/c1-3-5-9-17-13-18(10-6-4-2)26-22(14-17)28-21-15-24-20(16-25(21)30-26)27-19-11-7-8-12-23(19)29-24/h7-8,11-16H,3-6,9-10H2,1-2H3. The minimum atomic E-state index is 0.719. The molecule has 3 aromatic rings. The maximum absolute atomic E-state index is 6.41. The minimum absolute atomic E-state index is 0.719. The fourth-order valence-electron chi connectivity index (χ4n) is 4.02. The Balaban J connectivity index is 1.61. The number of rotatable bonds is 6. The summed E-state index contributed by atoms with van der Waals surface area (Å²) in [6.45, 7) is 4.45. The van der Waals surface area contributed by atoms with Gasteiger partial charge in [-0.2, -0.15) is 0 Å². The molecule has 152 valence electrons. The predicted octanol–water partition coefficient (Wildman–Crippen LogP) is 6.49. The summed E-state index contributed by atoms with van der Waals surface area (Å²) >= 11 is 0. The van der Waals surface area contributed by atoms with Gasteiger partial charge in [-0.1, -0.05) is 44.9 Å². The molecule has 5 rings (SSSR count). The first kappa shape index (κ1) is 18.9. The van der Waals surface area contributed by atoms with Gasteiger partial charge in [0, 0.05) is 12.1 Å². The van der Waals surface area contributed by atoms with Crippen LogP contribution in [0.4, 0.5) is 11.4 Å². The number of ether oxygens (including phenoxy) is 2. The third-order valence-corrected chi connectivity index (χ3v) is 5.64. The molecule has 0 bridgehead atoms. The van der Waals surface area contributed by atoms with E-state index in [9.17, 15) is 0 Å². The zero-order chi connectivity index (χ0) is 20.5. The van der Waals surface area contributed by atoms with Gasteiger partial charge in [0.25, 0.3) is 0 Å². The van der Waals surface area contributed by atoms with E-state index in [-0.39, 0.29) is 0 Å². The molecule has 3 aromatic carbocycles. The normalized spacial score (nSPS) is 12.9. The van der Waals surface area contributed by atoms with Crippen molar-refractivity contribution in [3.05, 3.63) is 70.4 Å². The second-order valence-electron chi connectivity index (χ2n) is 7.99. The van der Waals surface area contributed by atoms with Crippen LogP contribution in [0.2, 0.25) is 0 Å². The highest BCUT2D eigenvalue weighted by atomic mass is 16.5. The molecular weight excluding hydrogens is 372 g/mol. The Bertz CT molecular complexity index is 1230. The molecular formula is C26H26N2O2. The third-order valence-electron chi connectivity index (χ3n) is 5.64. The smallest absolute Gasteiger partial charge is 0.156 e. The van der Waals surface area contributed by atoms with E-state index in [0.29, 0.717) is 0 Å². The molecule has 30 heavy (non-hydrogen) atoms. The molecule has 0 atom stereocenters. The quantitative estimate of drug-likeness (QED) is 0.328. The van der Waals surface area contributed by atoms with Gasteiger partial charge in [-0.25, -0.2) is 9.98 Å². The predicted molar refractivity (Wildman–Crippen MR) is 118 cm³/mol. The van der Waals surface area contributed by atoms with E-state index in [2.05, 4.69) is 26.0 Å². The molecule has 0 N–H and O–H groups in total. The van der Waals surface area contributed by atoms with Crippen LogP contribution in [0.3, 0.4) is 0 Å². The Morgan fingerprint density at radius 1 is 0.700 bits per heavy atom.